The maximum atomic E-state index is 13.7. The van der Waals surface area contributed by atoms with Crippen molar-refractivity contribution in [2.45, 2.75) is 4.21 Å². The number of halogens is 2. The number of anilines is 1. The molecule has 1 aromatic heterocycles. The van der Waals surface area contributed by atoms with E-state index in [1.807, 2.05) is 0 Å². The Morgan fingerprint density at radius 2 is 2.00 bits per heavy atom. The molecule has 5 nitrogen and oxygen atoms in total. The summed E-state index contributed by atoms with van der Waals surface area (Å²) in [5.41, 5.74) is -0.566. The van der Waals surface area contributed by atoms with Crippen molar-refractivity contribution in [3.63, 3.8) is 0 Å². The summed E-state index contributed by atoms with van der Waals surface area (Å²) in [5, 5.41) is 8.70. The van der Waals surface area contributed by atoms with E-state index < -0.39 is 21.8 Å². The lowest BCUT2D eigenvalue weighted by Crippen LogP contribution is -2.13. The van der Waals surface area contributed by atoms with Crippen LogP contribution in [0.15, 0.2) is 38.3 Å². The van der Waals surface area contributed by atoms with Gasteiger partial charge >= 0.3 is 5.97 Å². The van der Waals surface area contributed by atoms with Crippen molar-refractivity contribution in [2.75, 3.05) is 4.72 Å². The maximum Gasteiger partial charge on any atom is 0.335 e. The van der Waals surface area contributed by atoms with Gasteiger partial charge in [-0.25, -0.2) is 17.6 Å². The zero-order valence-corrected chi connectivity index (χ0v) is 12.9. The van der Waals surface area contributed by atoms with Crippen molar-refractivity contribution in [1.82, 2.24) is 0 Å². The predicted molar refractivity (Wildman–Crippen MR) is 76.2 cm³/mol. The normalized spacial score (nSPS) is 11.3. The molecule has 1 aromatic carbocycles. The summed E-state index contributed by atoms with van der Waals surface area (Å²) in [7, 11) is -3.90. The molecule has 2 aromatic rings. The Hall–Kier alpha value is -1.45. The summed E-state index contributed by atoms with van der Waals surface area (Å²) >= 11 is 4.11. The topological polar surface area (TPSA) is 83.5 Å². The number of carbonyl (C=O) groups is 1. The van der Waals surface area contributed by atoms with Gasteiger partial charge in [0.1, 0.15) is 10.0 Å². The van der Waals surface area contributed by atoms with Crippen LogP contribution in [0.25, 0.3) is 0 Å². The average molecular weight is 380 g/mol. The first kappa shape index (κ1) is 14.9. The molecule has 2 rings (SSSR count). The summed E-state index contributed by atoms with van der Waals surface area (Å²) in [6.07, 6.45) is 0. The number of thiophene rings is 1. The smallest absolute Gasteiger partial charge is 0.335 e. The van der Waals surface area contributed by atoms with Crippen molar-refractivity contribution in [3.8, 4) is 0 Å². The minimum absolute atomic E-state index is 0.0195. The van der Waals surface area contributed by atoms with Crippen LogP contribution in [-0.2, 0) is 10.0 Å². The summed E-state index contributed by atoms with van der Waals surface area (Å²) in [6.45, 7) is 0. The number of rotatable bonds is 4. The van der Waals surface area contributed by atoms with E-state index in [9.17, 15) is 17.6 Å². The molecule has 0 saturated heterocycles. The molecule has 0 aliphatic rings. The Bertz CT molecular complexity index is 772. The molecule has 2 N–H and O–H groups in total. The molecule has 0 fully saturated rings. The summed E-state index contributed by atoms with van der Waals surface area (Å²) in [4.78, 5) is 10.7. The van der Waals surface area contributed by atoms with Crippen LogP contribution < -0.4 is 4.72 Å². The molecule has 106 valence electrons. The Kier molecular flexibility index (Phi) is 4.11. The van der Waals surface area contributed by atoms with Crippen molar-refractivity contribution < 1.29 is 22.7 Å². The minimum atomic E-state index is -3.90. The molecule has 0 unspecified atom stereocenters. The summed E-state index contributed by atoms with van der Waals surface area (Å²) < 4.78 is 40.3. The standard InChI is InChI=1S/C11H7BrFNO4S2/c12-9-3-4-10(19-9)20(17,18)14-8-2-1-6(11(15)16)5-7(8)13/h1-5,14H,(H,15,16). The van der Waals surface area contributed by atoms with Crippen molar-refractivity contribution in [1.29, 1.82) is 0 Å². The van der Waals surface area contributed by atoms with Gasteiger partial charge in [0.25, 0.3) is 10.0 Å². The highest BCUT2D eigenvalue weighted by Gasteiger charge is 2.19. The third kappa shape index (κ3) is 3.17. The second kappa shape index (κ2) is 5.51. The van der Waals surface area contributed by atoms with E-state index in [0.717, 1.165) is 29.5 Å². The summed E-state index contributed by atoms with van der Waals surface area (Å²) in [6, 6.07) is 5.88. The molecule has 0 spiro atoms. The van der Waals surface area contributed by atoms with E-state index in [1.54, 1.807) is 6.07 Å². The first-order valence-corrected chi connectivity index (χ1v) is 8.20. The van der Waals surface area contributed by atoms with Crippen LogP contribution in [-0.4, -0.2) is 19.5 Å². The van der Waals surface area contributed by atoms with Crippen LogP contribution in [0.4, 0.5) is 10.1 Å². The Morgan fingerprint density at radius 3 is 2.50 bits per heavy atom. The second-order valence-corrected chi connectivity index (χ2v) is 8.04. The highest BCUT2D eigenvalue weighted by molar-refractivity contribution is 9.11. The van der Waals surface area contributed by atoms with Crippen molar-refractivity contribution >= 4 is 48.9 Å². The fourth-order valence-corrected chi connectivity index (χ4v) is 4.45. The van der Waals surface area contributed by atoms with Crippen LogP contribution >= 0.6 is 27.3 Å². The van der Waals surface area contributed by atoms with Gasteiger partial charge in [-0.1, -0.05) is 0 Å². The van der Waals surface area contributed by atoms with Gasteiger partial charge in [-0.2, -0.15) is 0 Å². The molecular formula is C11H7BrFNO4S2. The van der Waals surface area contributed by atoms with E-state index in [2.05, 4.69) is 20.7 Å². The van der Waals surface area contributed by atoms with Gasteiger partial charge in [-0.05, 0) is 46.3 Å². The molecule has 0 saturated carbocycles. The highest BCUT2D eigenvalue weighted by Crippen LogP contribution is 2.28. The molecule has 0 aliphatic carbocycles. The molecule has 20 heavy (non-hydrogen) atoms. The number of hydrogen-bond donors (Lipinski definition) is 2. The van der Waals surface area contributed by atoms with Crippen molar-refractivity contribution in [3.05, 3.63) is 45.5 Å². The largest absolute Gasteiger partial charge is 0.478 e. The molecule has 0 aliphatic heterocycles. The Morgan fingerprint density at radius 1 is 1.30 bits per heavy atom. The Labute approximate surface area is 126 Å². The maximum absolute atomic E-state index is 13.7. The molecule has 9 heteroatoms. The third-order valence-corrected chi connectivity index (χ3v) is 5.75. The van der Waals surface area contributed by atoms with Crippen LogP contribution in [0.3, 0.4) is 0 Å². The fraction of sp³-hybridized carbons (Fsp3) is 0. The predicted octanol–water partition coefficient (Wildman–Crippen LogP) is 3.15. The van der Waals surface area contributed by atoms with E-state index in [-0.39, 0.29) is 15.5 Å². The lowest BCUT2D eigenvalue weighted by Gasteiger charge is -2.07. The van der Waals surface area contributed by atoms with Gasteiger partial charge in [0.05, 0.1) is 15.0 Å². The third-order valence-electron chi connectivity index (χ3n) is 2.27. The Balaban J connectivity index is 2.32. The zero-order valence-electron chi connectivity index (χ0n) is 9.63. The number of carboxylic acids is 1. The lowest BCUT2D eigenvalue weighted by molar-refractivity contribution is 0.0696. The van der Waals surface area contributed by atoms with Crippen LogP contribution in [0, 0.1) is 5.82 Å². The first-order chi connectivity index (χ1) is 9.29. The molecule has 1 heterocycles. The van der Waals surface area contributed by atoms with Crippen molar-refractivity contribution in [2.24, 2.45) is 0 Å². The van der Waals surface area contributed by atoms with E-state index in [4.69, 9.17) is 5.11 Å². The molecule has 0 radical (unpaired) electrons. The minimum Gasteiger partial charge on any atom is -0.478 e. The van der Waals surface area contributed by atoms with Crippen LogP contribution in [0.2, 0.25) is 0 Å². The van der Waals surface area contributed by atoms with Gasteiger partial charge < -0.3 is 5.11 Å². The van der Waals surface area contributed by atoms with Crippen LogP contribution in [0.5, 0.6) is 0 Å². The number of aromatic carboxylic acids is 1. The molecule has 0 amide bonds. The number of carboxylic acid groups (broad SMARTS) is 1. The molecular weight excluding hydrogens is 373 g/mol. The van der Waals surface area contributed by atoms with Gasteiger partial charge in [0.2, 0.25) is 0 Å². The number of benzene rings is 1. The van der Waals surface area contributed by atoms with E-state index in [1.165, 1.54) is 6.07 Å². The van der Waals surface area contributed by atoms with Gasteiger partial charge in [-0.3, -0.25) is 4.72 Å². The lowest BCUT2D eigenvalue weighted by atomic mass is 10.2. The second-order valence-electron chi connectivity index (χ2n) is 3.66. The average Bonchev–Trinajstić information content (AvgIpc) is 2.79. The van der Waals surface area contributed by atoms with E-state index >= 15 is 0 Å². The number of sulfonamides is 1. The molecule has 0 atom stereocenters. The number of nitrogens with one attached hydrogen (secondary N) is 1. The monoisotopic (exact) mass is 379 g/mol. The van der Waals surface area contributed by atoms with Gasteiger partial charge in [0.15, 0.2) is 0 Å². The summed E-state index contributed by atoms with van der Waals surface area (Å²) in [5.74, 6) is -2.25. The quantitative estimate of drug-likeness (QED) is 0.854. The zero-order chi connectivity index (χ0) is 14.9. The number of hydrogen-bond acceptors (Lipinski definition) is 4. The molecule has 0 bridgehead atoms. The van der Waals surface area contributed by atoms with Gasteiger partial charge in [0, 0.05) is 0 Å². The van der Waals surface area contributed by atoms with Gasteiger partial charge in [-0.15, -0.1) is 11.3 Å². The first-order valence-electron chi connectivity index (χ1n) is 5.10. The SMILES string of the molecule is O=C(O)c1ccc(NS(=O)(=O)c2ccc(Br)s2)c(F)c1. The highest BCUT2D eigenvalue weighted by atomic mass is 79.9. The van der Waals surface area contributed by atoms with Crippen LogP contribution in [0.1, 0.15) is 10.4 Å². The van der Waals surface area contributed by atoms with E-state index in [0.29, 0.717) is 3.79 Å². The fourth-order valence-electron chi connectivity index (χ4n) is 1.37.